The third-order valence-electron chi connectivity index (χ3n) is 2.99. The van der Waals surface area contributed by atoms with Crippen molar-refractivity contribution < 1.29 is 0 Å². The molecule has 0 rings (SSSR count). The van der Waals surface area contributed by atoms with E-state index in [0.29, 0.717) is 0 Å². The molecule has 0 bridgehead atoms. The van der Waals surface area contributed by atoms with E-state index in [1.54, 1.807) is 0 Å². The minimum Gasteiger partial charge on any atom is -0.0654 e. The molecule has 0 aromatic carbocycles. The lowest BCUT2D eigenvalue weighted by Gasteiger charge is -2.21. The number of hydrogen-bond donors (Lipinski definition) is 0. The van der Waals surface area contributed by atoms with Gasteiger partial charge in [0, 0.05) is 0 Å². The molecule has 0 nitrogen and oxygen atoms in total. The molecule has 0 heterocycles. The lowest BCUT2D eigenvalue weighted by Crippen LogP contribution is -2.09. The van der Waals surface area contributed by atoms with Crippen molar-refractivity contribution in [3.63, 3.8) is 0 Å². The van der Waals surface area contributed by atoms with Crippen molar-refractivity contribution in [2.75, 3.05) is 0 Å². The smallest absolute Gasteiger partial charge is 0.0391 e. The summed E-state index contributed by atoms with van der Waals surface area (Å²) in [7, 11) is 0. The average molecular weight is 184 g/mol. The molecule has 0 N–H and O–H groups in total. The molecule has 0 amide bonds. The summed E-state index contributed by atoms with van der Waals surface area (Å²) in [6.45, 7) is 11.7. The van der Waals surface area contributed by atoms with Crippen molar-refractivity contribution in [2.24, 2.45) is 17.8 Å². The Hall–Kier alpha value is 0. The molecule has 0 aliphatic rings. The standard InChI is InChI=1S/C13H28/c1-6-7-8-13(12(4)5)10-9-11(2)3/h11-13H,6-10H2,1-5H3. The highest BCUT2D eigenvalue weighted by molar-refractivity contribution is 4.64. The Morgan fingerprint density at radius 3 is 1.85 bits per heavy atom. The van der Waals surface area contributed by atoms with E-state index in [9.17, 15) is 0 Å². The molecule has 0 spiro atoms. The van der Waals surface area contributed by atoms with Gasteiger partial charge in [0.15, 0.2) is 0 Å². The van der Waals surface area contributed by atoms with Crippen LogP contribution in [-0.2, 0) is 0 Å². The number of rotatable bonds is 7. The summed E-state index contributed by atoms with van der Waals surface area (Å²) in [5.74, 6) is 2.73. The normalized spacial score (nSPS) is 14.1. The highest BCUT2D eigenvalue weighted by Crippen LogP contribution is 2.24. The minimum atomic E-state index is 0.878. The van der Waals surface area contributed by atoms with Gasteiger partial charge in [-0.2, -0.15) is 0 Å². The van der Waals surface area contributed by atoms with Crippen LogP contribution in [0.4, 0.5) is 0 Å². The molecule has 13 heavy (non-hydrogen) atoms. The van der Waals surface area contributed by atoms with Crippen molar-refractivity contribution in [3.05, 3.63) is 0 Å². The minimum absolute atomic E-state index is 0.878. The lowest BCUT2D eigenvalue weighted by molar-refractivity contribution is 0.305. The van der Waals surface area contributed by atoms with Gasteiger partial charge in [0.2, 0.25) is 0 Å². The Kier molecular flexibility index (Phi) is 7.41. The Morgan fingerprint density at radius 1 is 0.846 bits per heavy atom. The quantitative estimate of drug-likeness (QED) is 0.528. The second kappa shape index (κ2) is 7.41. The van der Waals surface area contributed by atoms with E-state index in [0.717, 1.165) is 17.8 Å². The van der Waals surface area contributed by atoms with Crippen LogP contribution in [0.25, 0.3) is 0 Å². The molecule has 0 aromatic heterocycles. The third kappa shape index (κ3) is 7.10. The van der Waals surface area contributed by atoms with Crippen LogP contribution in [0.15, 0.2) is 0 Å². The average Bonchev–Trinajstić information content (AvgIpc) is 2.03. The maximum absolute atomic E-state index is 2.38. The van der Waals surface area contributed by atoms with Gasteiger partial charge in [0.1, 0.15) is 0 Å². The molecular formula is C13H28. The summed E-state index contributed by atoms with van der Waals surface area (Å²) in [5, 5.41) is 0. The van der Waals surface area contributed by atoms with E-state index in [1.165, 1.54) is 32.1 Å². The van der Waals surface area contributed by atoms with Crippen LogP contribution in [0.2, 0.25) is 0 Å². The highest BCUT2D eigenvalue weighted by Gasteiger charge is 2.12. The van der Waals surface area contributed by atoms with Crippen molar-refractivity contribution >= 4 is 0 Å². The van der Waals surface area contributed by atoms with E-state index in [1.807, 2.05) is 0 Å². The van der Waals surface area contributed by atoms with Crippen molar-refractivity contribution in [2.45, 2.75) is 66.7 Å². The van der Waals surface area contributed by atoms with Gasteiger partial charge in [-0.25, -0.2) is 0 Å². The fraction of sp³-hybridized carbons (Fsp3) is 1.00. The van der Waals surface area contributed by atoms with Crippen LogP contribution >= 0.6 is 0 Å². The molecule has 0 aliphatic heterocycles. The molecule has 1 unspecified atom stereocenters. The van der Waals surface area contributed by atoms with Gasteiger partial charge in [-0.3, -0.25) is 0 Å². The first-order chi connectivity index (χ1) is 6.07. The van der Waals surface area contributed by atoms with Crippen LogP contribution in [0.3, 0.4) is 0 Å². The monoisotopic (exact) mass is 184 g/mol. The first-order valence-corrected chi connectivity index (χ1v) is 6.07. The summed E-state index contributed by atoms with van der Waals surface area (Å²) >= 11 is 0. The maximum atomic E-state index is 2.38. The van der Waals surface area contributed by atoms with Crippen molar-refractivity contribution in [1.82, 2.24) is 0 Å². The van der Waals surface area contributed by atoms with Crippen LogP contribution in [0.5, 0.6) is 0 Å². The van der Waals surface area contributed by atoms with Crippen LogP contribution < -0.4 is 0 Å². The Bertz CT molecular complexity index is 103. The van der Waals surface area contributed by atoms with Gasteiger partial charge in [0.25, 0.3) is 0 Å². The van der Waals surface area contributed by atoms with Gasteiger partial charge in [0.05, 0.1) is 0 Å². The Balaban J connectivity index is 3.67. The fourth-order valence-corrected chi connectivity index (χ4v) is 1.82. The molecule has 1 atom stereocenters. The van der Waals surface area contributed by atoms with Gasteiger partial charge in [-0.05, 0) is 24.2 Å². The van der Waals surface area contributed by atoms with E-state index in [4.69, 9.17) is 0 Å². The molecule has 80 valence electrons. The van der Waals surface area contributed by atoms with Gasteiger partial charge >= 0.3 is 0 Å². The SMILES string of the molecule is CCCCC(CCC(C)C)C(C)C. The lowest BCUT2D eigenvalue weighted by atomic mass is 9.85. The second-order valence-corrected chi connectivity index (χ2v) is 5.12. The third-order valence-corrected chi connectivity index (χ3v) is 2.99. The van der Waals surface area contributed by atoms with Crippen LogP contribution in [0.1, 0.15) is 66.7 Å². The molecule has 0 radical (unpaired) electrons. The highest BCUT2D eigenvalue weighted by atomic mass is 14.2. The first-order valence-electron chi connectivity index (χ1n) is 6.07. The molecule has 0 saturated carbocycles. The largest absolute Gasteiger partial charge is 0.0654 e. The summed E-state index contributed by atoms with van der Waals surface area (Å²) in [5.41, 5.74) is 0. The van der Waals surface area contributed by atoms with Crippen molar-refractivity contribution in [3.8, 4) is 0 Å². The number of unbranched alkanes of at least 4 members (excludes halogenated alkanes) is 1. The zero-order valence-corrected chi connectivity index (χ0v) is 10.3. The summed E-state index contributed by atoms with van der Waals surface area (Å²) in [4.78, 5) is 0. The molecular weight excluding hydrogens is 156 g/mol. The second-order valence-electron chi connectivity index (χ2n) is 5.12. The number of hydrogen-bond acceptors (Lipinski definition) is 0. The van der Waals surface area contributed by atoms with E-state index in [2.05, 4.69) is 34.6 Å². The predicted octanol–water partition coefficient (Wildman–Crippen LogP) is 4.89. The summed E-state index contributed by atoms with van der Waals surface area (Å²) in [6, 6.07) is 0. The summed E-state index contributed by atoms with van der Waals surface area (Å²) in [6.07, 6.45) is 7.06. The summed E-state index contributed by atoms with van der Waals surface area (Å²) < 4.78 is 0. The van der Waals surface area contributed by atoms with Crippen molar-refractivity contribution in [1.29, 1.82) is 0 Å². The molecule has 0 fully saturated rings. The zero-order valence-electron chi connectivity index (χ0n) is 10.3. The van der Waals surface area contributed by atoms with Gasteiger partial charge in [-0.1, -0.05) is 60.3 Å². The predicted molar refractivity (Wildman–Crippen MR) is 61.9 cm³/mol. The van der Waals surface area contributed by atoms with E-state index >= 15 is 0 Å². The molecule has 0 aliphatic carbocycles. The first kappa shape index (κ1) is 13.0. The topological polar surface area (TPSA) is 0 Å². The van der Waals surface area contributed by atoms with Gasteiger partial charge in [-0.15, -0.1) is 0 Å². The Morgan fingerprint density at radius 2 is 1.46 bits per heavy atom. The molecule has 0 saturated heterocycles. The van der Waals surface area contributed by atoms with Crippen LogP contribution in [-0.4, -0.2) is 0 Å². The zero-order chi connectivity index (χ0) is 10.3. The fourth-order valence-electron chi connectivity index (χ4n) is 1.82. The Labute approximate surface area is 85.1 Å². The van der Waals surface area contributed by atoms with Gasteiger partial charge < -0.3 is 0 Å². The van der Waals surface area contributed by atoms with E-state index in [-0.39, 0.29) is 0 Å². The molecule has 0 aromatic rings. The molecule has 0 heteroatoms. The van der Waals surface area contributed by atoms with Crippen LogP contribution in [0, 0.1) is 17.8 Å². The maximum Gasteiger partial charge on any atom is -0.0391 e. The van der Waals surface area contributed by atoms with E-state index < -0.39 is 0 Å².